The Labute approximate surface area is 103 Å². The average molecular weight is 248 g/mol. The molecular weight excluding hydrogens is 229 g/mol. The van der Waals surface area contributed by atoms with Crippen LogP contribution < -0.4 is 5.73 Å². The summed E-state index contributed by atoms with van der Waals surface area (Å²) in [6, 6.07) is 7.94. The van der Waals surface area contributed by atoms with Crippen LogP contribution in [0, 0.1) is 5.92 Å². The van der Waals surface area contributed by atoms with E-state index in [4.69, 9.17) is 17.3 Å². The number of halogens is 2. The van der Waals surface area contributed by atoms with Gasteiger partial charge in [0.2, 0.25) is 0 Å². The molecule has 0 spiro atoms. The second-order valence-corrected chi connectivity index (χ2v) is 4.57. The van der Waals surface area contributed by atoms with Crippen LogP contribution in [0.4, 0.5) is 0 Å². The Morgan fingerprint density at radius 3 is 2.47 bits per heavy atom. The van der Waals surface area contributed by atoms with Crippen molar-refractivity contribution in [3.05, 3.63) is 34.9 Å². The highest BCUT2D eigenvalue weighted by molar-refractivity contribution is 6.30. The van der Waals surface area contributed by atoms with E-state index in [9.17, 15) is 0 Å². The molecule has 1 rings (SSSR count). The first kappa shape index (κ1) is 14.8. The average Bonchev–Trinajstić information content (AvgIpc) is 2.14. The summed E-state index contributed by atoms with van der Waals surface area (Å²) in [4.78, 5) is 0. The first-order valence-electron chi connectivity index (χ1n) is 5.10. The van der Waals surface area contributed by atoms with Gasteiger partial charge >= 0.3 is 0 Å². The highest BCUT2D eigenvalue weighted by Crippen LogP contribution is 2.21. The van der Waals surface area contributed by atoms with Crippen molar-refractivity contribution in [1.29, 1.82) is 0 Å². The van der Waals surface area contributed by atoms with Crippen molar-refractivity contribution >= 4 is 24.0 Å². The predicted octanol–water partition coefficient (Wildman–Crippen LogP) is 4.20. The first-order chi connectivity index (χ1) is 6.59. The van der Waals surface area contributed by atoms with Gasteiger partial charge in [-0.05, 0) is 36.5 Å². The van der Waals surface area contributed by atoms with Gasteiger partial charge < -0.3 is 5.73 Å². The number of hydrogen-bond donors (Lipinski definition) is 1. The summed E-state index contributed by atoms with van der Waals surface area (Å²) in [5.41, 5.74) is 7.19. The third-order valence-corrected chi connectivity index (χ3v) is 2.57. The molecule has 0 saturated heterocycles. The molecule has 0 heterocycles. The van der Waals surface area contributed by atoms with Gasteiger partial charge in [-0.2, -0.15) is 0 Å². The van der Waals surface area contributed by atoms with Gasteiger partial charge in [0.1, 0.15) is 0 Å². The summed E-state index contributed by atoms with van der Waals surface area (Å²) in [6.45, 7) is 4.43. The number of benzene rings is 1. The fraction of sp³-hybridized carbons (Fsp3) is 0.500. The Morgan fingerprint density at radius 1 is 1.27 bits per heavy atom. The van der Waals surface area contributed by atoms with Crippen molar-refractivity contribution in [2.45, 2.75) is 32.7 Å². The van der Waals surface area contributed by atoms with Crippen molar-refractivity contribution in [2.24, 2.45) is 11.7 Å². The number of nitrogens with two attached hydrogens (primary N) is 1. The molecule has 0 fully saturated rings. The summed E-state index contributed by atoms with van der Waals surface area (Å²) in [5.74, 6) is 0.709. The van der Waals surface area contributed by atoms with Gasteiger partial charge in [-0.3, -0.25) is 0 Å². The molecule has 0 radical (unpaired) electrons. The van der Waals surface area contributed by atoms with E-state index in [1.54, 1.807) is 0 Å². The monoisotopic (exact) mass is 247 g/mol. The van der Waals surface area contributed by atoms with Gasteiger partial charge in [-0.25, -0.2) is 0 Å². The molecular formula is C12H19Cl2N. The Morgan fingerprint density at radius 2 is 1.93 bits per heavy atom. The molecule has 0 bridgehead atoms. The molecule has 1 atom stereocenters. The Kier molecular flexibility index (Phi) is 6.99. The lowest BCUT2D eigenvalue weighted by Crippen LogP contribution is -2.11. The summed E-state index contributed by atoms with van der Waals surface area (Å²) in [5, 5.41) is 0.766. The molecule has 0 saturated carbocycles. The molecule has 0 aliphatic heterocycles. The van der Waals surface area contributed by atoms with Crippen molar-refractivity contribution in [3.63, 3.8) is 0 Å². The fourth-order valence-corrected chi connectivity index (χ4v) is 1.62. The highest BCUT2D eigenvalue weighted by Gasteiger charge is 2.06. The fourth-order valence-electron chi connectivity index (χ4n) is 1.42. The van der Waals surface area contributed by atoms with Crippen LogP contribution in [-0.4, -0.2) is 0 Å². The zero-order valence-corrected chi connectivity index (χ0v) is 10.8. The van der Waals surface area contributed by atoms with Crippen molar-refractivity contribution in [2.75, 3.05) is 0 Å². The van der Waals surface area contributed by atoms with E-state index in [1.165, 1.54) is 0 Å². The van der Waals surface area contributed by atoms with Crippen molar-refractivity contribution < 1.29 is 0 Å². The minimum Gasteiger partial charge on any atom is -0.324 e. The van der Waals surface area contributed by atoms with Gasteiger partial charge in [0.25, 0.3) is 0 Å². The molecule has 3 heteroatoms. The summed E-state index contributed by atoms with van der Waals surface area (Å²) >= 11 is 5.90. The maximum Gasteiger partial charge on any atom is 0.0409 e. The molecule has 1 unspecified atom stereocenters. The van der Waals surface area contributed by atoms with Gasteiger partial charge in [-0.15, -0.1) is 12.4 Å². The molecule has 0 aliphatic carbocycles. The van der Waals surface area contributed by atoms with Gasteiger partial charge in [0, 0.05) is 11.1 Å². The molecule has 1 nitrogen and oxygen atoms in total. The Bertz CT molecular complexity index is 287. The predicted molar refractivity (Wildman–Crippen MR) is 69.7 cm³/mol. The van der Waals surface area contributed by atoms with E-state index in [-0.39, 0.29) is 18.4 Å². The molecule has 1 aromatic carbocycles. The van der Waals surface area contributed by atoms with Crippen LogP contribution in [0.2, 0.25) is 5.02 Å². The highest BCUT2D eigenvalue weighted by atomic mass is 35.5. The van der Waals surface area contributed by atoms with Crippen LogP contribution in [0.3, 0.4) is 0 Å². The van der Waals surface area contributed by atoms with Crippen LogP contribution in [0.5, 0.6) is 0 Å². The Hall–Kier alpha value is -0.240. The summed E-state index contributed by atoms with van der Waals surface area (Å²) in [7, 11) is 0. The molecule has 1 aromatic rings. The normalized spacial score (nSPS) is 12.3. The maximum atomic E-state index is 6.05. The lowest BCUT2D eigenvalue weighted by atomic mass is 9.98. The lowest BCUT2D eigenvalue weighted by Gasteiger charge is -2.13. The van der Waals surface area contributed by atoms with Crippen molar-refractivity contribution in [3.8, 4) is 0 Å². The molecule has 0 aliphatic rings. The van der Waals surface area contributed by atoms with Crippen LogP contribution in [0.15, 0.2) is 24.3 Å². The second kappa shape index (κ2) is 7.10. The largest absolute Gasteiger partial charge is 0.324 e. The number of hydrogen-bond acceptors (Lipinski definition) is 1. The minimum atomic E-state index is 0. The Balaban J connectivity index is 0.00000196. The van der Waals surface area contributed by atoms with E-state index in [2.05, 4.69) is 13.8 Å². The van der Waals surface area contributed by atoms with Crippen LogP contribution in [0.1, 0.15) is 38.3 Å². The molecule has 0 aromatic heterocycles. The van der Waals surface area contributed by atoms with Gasteiger partial charge in [0.15, 0.2) is 0 Å². The minimum absolute atomic E-state index is 0. The van der Waals surface area contributed by atoms with Crippen molar-refractivity contribution in [1.82, 2.24) is 0 Å². The molecule has 2 N–H and O–H groups in total. The zero-order valence-electron chi connectivity index (χ0n) is 9.24. The number of rotatable bonds is 4. The van der Waals surface area contributed by atoms with Crippen LogP contribution >= 0.6 is 24.0 Å². The lowest BCUT2D eigenvalue weighted by molar-refractivity contribution is 0.507. The van der Waals surface area contributed by atoms with Gasteiger partial charge in [0.05, 0.1) is 0 Å². The first-order valence-corrected chi connectivity index (χ1v) is 5.48. The van der Waals surface area contributed by atoms with Crippen LogP contribution in [0.25, 0.3) is 0 Å². The van der Waals surface area contributed by atoms with E-state index < -0.39 is 0 Å². The van der Waals surface area contributed by atoms with E-state index in [1.807, 2.05) is 24.3 Å². The third kappa shape index (κ3) is 5.41. The summed E-state index contributed by atoms with van der Waals surface area (Å²) in [6.07, 6.45) is 2.19. The van der Waals surface area contributed by atoms with E-state index in [0.29, 0.717) is 5.92 Å². The van der Waals surface area contributed by atoms with Crippen LogP contribution in [-0.2, 0) is 0 Å². The topological polar surface area (TPSA) is 26.0 Å². The molecule has 86 valence electrons. The summed E-state index contributed by atoms with van der Waals surface area (Å²) < 4.78 is 0. The van der Waals surface area contributed by atoms with Gasteiger partial charge in [-0.1, -0.05) is 37.6 Å². The quantitative estimate of drug-likeness (QED) is 0.849. The smallest absolute Gasteiger partial charge is 0.0409 e. The van der Waals surface area contributed by atoms with E-state index >= 15 is 0 Å². The second-order valence-electron chi connectivity index (χ2n) is 4.13. The third-order valence-electron chi connectivity index (χ3n) is 2.33. The maximum absolute atomic E-state index is 6.05. The standard InChI is InChI=1S/C12H18ClN.ClH/c1-9(2)6-7-12(14)10-4-3-5-11(13)8-10;/h3-5,8-9,12H,6-7,14H2,1-2H3;1H. The SMILES string of the molecule is CC(C)CCC(N)c1cccc(Cl)c1.Cl. The molecule has 0 amide bonds. The van der Waals surface area contributed by atoms with E-state index in [0.717, 1.165) is 23.4 Å². The molecule has 15 heavy (non-hydrogen) atoms. The zero-order chi connectivity index (χ0) is 10.6.